The minimum Gasteiger partial charge on any atom is -0.480 e. The molecule has 7 heteroatoms. The average Bonchev–Trinajstić information content (AvgIpc) is 2.53. The van der Waals surface area contributed by atoms with Gasteiger partial charge >= 0.3 is 5.97 Å². The van der Waals surface area contributed by atoms with Crippen molar-refractivity contribution < 1.29 is 19.4 Å². The van der Waals surface area contributed by atoms with Gasteiger partial charge in [-0.15, -0.1) is 0 Å². The number of hydrogen-bond acceptors (Lipinski definition) is 5. The summed E-state index contributed by atoms with van der Waals surface area (Å²) in [4.78, 5) is 29.4. The molecule has 21 heavy (non-hydrogen) atoms. The van der Waals surface area contributed by atoms with Crippen LogP contribution in [-0.4, -0.2) is 96.2 Å². The topological polar surface area (TPSA) is 73.3 Å². The van der Waals surface area contributed by atoms with Crippen LogP contribution in [0.4, 0.5) is 0 Å². The van der Waals surface area contributed by atoms with E-state index in [-0.39, 0.29) is 11.9 Å². The fraction of sp³-hybridized carbons (Fsp3) is 0.857. The highest BCUT2D eigenvalue weighted by Crippen LogP contribution is 2.12. The van der Waals surface area contributed by atoms with Gasteiger partial charge in [-0.1, -0.05) is 0 Å². The minimum atomic E-state index is -0.791. The summed E-state index contributed by atoms with van der Waals surface area (Å²) in [5, 5.41) is 9.04. The predicted molar refractivity (Wildman–Crippen MR) is 77.1 cm³/mol. The zero-order valence-corrected chi connectivity index (χ0v) is 12.8. The smallest absolute Gasteiger partial charge is 0.320 e. The molecule has 2 aliphatic rings. The first kappa shape index (κ1) is 16.2. The van der Waals surface area contributed by atoms with E-state index in [1.54, 1.807) is 6.92 Å². The summed E-state index contributed by atoms with van der Waals surface area (Å²) in [7, 11) is 0. The van der Waals surface area contributed by atoms with Crippen LogP contribution in [0.5, 0.6) is 0 Å². The molecule has 0 aliphatic carbocycles. The molecule has 1 amide bonds. The van der Waals surface area contributed by atoms with Gasteiger partial charge in [0.1, 0.15) is 6.04 Å². The molecule has 120 valence electrons. The fourth-order valence-corrected chi connectivity index (χ4v) is 2.87. The maximum absolute atomic E-state index is 12.4. The first-order valence-electron chi connectivity index (χ1n) is 7.58. The lowest BCUT2D eigenvalue weighted by molar-refractivity contribution is -0.145. The Kier molecular flexibility index (Phi) is 5.55. The number of carbonyl (C=O) groups is 2. The van der Waals surface area contributed by atoms with Gasteiger partial charge in [0.25, 0.3) is 0 Å². The SMILES string of the molecule is C[C@@H](C(=O)O)N1CCN([C@@H](C)C(=O)N2CCOCC2)CC1. The number of carboxylic acids is 1. The van der Waals surface area contributed by atoms with Crippen LogP contribution in [0.25, 0.3) is 0 Å². The number of piperazine rings is 1. The van der Waals surface area contributed by atoms with Crippen molar-refractivity contribution in [3.8, 4) is 0 Å². The molecule has 2 atom stereocenters. The van der Waals surface area contributed by atoms with E-state index in [1.807, 2.05) is 16.7 Å². The molecule has 7 nitrogen and oxygen atoms in total. The van der Waals surface area contributed by atoms with Gasteiger partial charge < -0.3 is 14.7 Å². The Hall–Kier alpha value is -1.18. The van der Waals surface area contributed by atoms with Crippen LogP contribution in [-0.2, 0) is 14.3 Å². The Balaban J connectivity index is 1.83. The number of amides is 1. The van der Waals surface area contributed by atoms with Crippen LogP contribution in [0.15, 0.2) is 0 Å². The van der Waals surface area contributed by atoms with Crippen molar-refractivity contribution in [1.82, 2.24) is 14.7 Å². The van der Waals surface area contributed by atoms with Gasteiger partial charge in [0.15, 0.2) is 0 Å². The average molecular weight is 299 g/mol. The number of nitrogens with zero attached hydrogens (tertiary/aromatic N) is 3. The van der Waals surface area contributed by atoms with Crippen LogP contribution >= 0.6 is 0 Å². The lowest BCUT2D eigenvalue weighted by Crippen LogP contribution is -2.57. The second-order valence-corrected chi connectivity index (χ2v) is 5.70. The highest BCUT2D eigenvalue weighted by atomic mass is 16.5. The second-order valence-electron chi connectivity index (χ2n) is 5.70. The summed E-state index contributed by atoms with van der Waals surface area (Å²) in [6.45, 7) is 9.05. The van der Waals surface area contributed by atoms with E-state index in [2.05, 4.69) is 4.90 Å². The number of rotatable bonds is 4. The fourth-order valence-electron chi connectivity index (χ4n) is 2.87. The number of carboxylic acid groups (broad SMARTS) is 1. The Morgan fingerprint density at radius 1 is 0.905 bits per heavy atom. The molecule has 0 aromatic rings. The van der Waals surface area contributed by atoms with Crippen LogP contribution in [0.1, 0.15) is 13.8 Å². The van der Waals surface area contributed by atoms with Gasteiger partial charge in [-0.3, -0.25) is 19.4 Å². The Labute approximate surface area is 125 Å². The van der Waals surface area contributed by atoms with E-state index < -0.39 is 12.0 Å². The zero-order valence-electron chi connectivity index (χ0n) is 12.8. The normalized spacial score (nSPS) is 24.6. The third-order valence-corrected chi connectivity index (χ3v) is 4.48. The molecule has 0 aromatic carbocycles. The molecule has 0 unspecified atom stereocenters. The summed E-state index contributed by atoms with van der Waals surface area (Å²) in [6.07, 6.45) is 0. The summed E-state index contributed by atoms with van der Waals surface area (Å²) in [6, 6.07) is -0.609. The van der Waals surface area contributed by atoms with E-state index in [0.717, 1.165) is 13.1 Å². The van der Waals surface area contributed by atoms with Crippen molar-refractivity contribution in [2.45, 2.75) is 25.9 Å². The van der Waals surface area contributed by atoms with E-state index in [4.69, 9.17) is 9.84 Å². The van der Waals surface area contributed by atoms with Crippen LogP contribution in [0.2, 0.25) is 0 Å². The Morgan fingerprint density at radius 3 is 1.86 bits per heavy atom. The quantitative estimate of drug-likeness (QED) is 0.742. The van der Waals surface area contributed by atoms with Gasteiger partial charge in [0, 0.05) is 39.3 Å². The standard InChI is InChI=1S/C14H25N3O4/c1-11(13(18)17-7-9-21-10-8-17)15-3-5-16(6-4-15)12(2)14(19)20/h11-12H,3-10H2,1-2H3,(H,19,20)/t11-,12-/m0/s1. The van der Waals surface area contributed by atoms with Crippen LogP contribution in [0, 0.1) is 0 Å². The molecule has 0 radical (unpaired) electrons. The monoisotopic (exact) mass is 299 g/mol. The molecule has 1 N–H and O–H groups in total. The first-order valence-corrected chi connectivity index (χ1v) is 7.58. The van der Waals surface area contributed by atoms with E-state index in [1.165, 1.54) is 0 Å². The molecule has 2 saturated heterocycles. The number of ether oxygens (including phenoxy) is 1. The molecule has 2 rings (SSSR count). The molecule has 2 aliphatic heterocycles. The Bertz CT molecular complexity index is 376. The van der Waals surface area contributed by atoms with Gasteiger partial charge in [0.05, 0.1) is 19.3 Å². The van der Waals surface area contributed by atoms with E-state index >= 15 is 0 Å². The number of hydrogen-bond donors (Lipinski definition) is 1. The van der Waals surface area contributed by atoms with Crippen molar-refractivity contribution in [2.75, 3.05) is 52.5 Å². The number of morpholine rings is 1. The van der Waals surface area contributed by atoms with Crippen molar-refractivity contribution in [2.24, 2.45) is 0 Å². The highest BCUT2D eigenvalue weighted by molar-refractivity contribution is 5.81. The molecule has 2 heterocycles. The molecular weight excluding hydrogens is 274 g/mol. The van der Waals surface area contributed by atoms with Gasteiger partial charge in [0.2, 0.25) is 5.91 Å². The van der Waals surface area contributed by atoms with Crippen LogP contribution < -0.4 is 0 Å². The zero-order chi connectivity index (χ0) is 15.4. The molecule has 0 aromatic heterocycles. The Morgan fingerprint density at radius 2 is 1.38 bits per heavy atom. The molecule has 0 spiro atoms. The van der Waals surface area contributed by atoms with Crippen molar-refractivity contribution in [1.29, 1.82) is 0 Å². The minimum absolute atomic E-state index is 0.148. The van der Waals surface area contributed by atoms with Gasteiger partial charge in [-0.2, -0.15) is 0 Å². The van der Waals surface area contributed by atoms with Crippen molar-refractivity contribution in [3.63, 3.8) is 0 Å². The third kappa shape index (κ3) is 3.93. The summed E-state index contributed by atoms with van der Waals surface area (Å²) >= 11 is 0. The highest BCUT2D eigenvalue weighted by Gasteiger charge is 2.31. The second kappa shape index (κ2) is 7.20. The van der Waals surface area contributed by atoms with Gasteiger partial charge in [-0.05, 0) is 13.8 Å². The summed E-state index contributed by atoms with van der Waals surface area (Å²) in [5.74, 6) is -0.640. The summed E-state index contributed by atoms with van der Waals surface area (Å²) < 4.78 is 5.27. The lowest BCUT2D eigenvalue weighted by Gasteiger charge is -2.40. The molecule has 2 fully saturated rings. The van der Waals surface area contributed by atoms with E-state index in [9.17, 15) is 9.59 Å². The number of carbonyl (C=O) groups excluding carboxylic acids is 1. The number of aliphatic carboxylic acids is 1. The van der Waals surface area contributed by atoms with Crippen molar-refractivity contribution in [3.05, 3.63) is 0 Å². The third-order valence-electron chi connectivity index (χ3n) is 4.48. The lowest BCUT2D eigenvalue weighted by atomic mass is 10.1. The van der Waals surface area contributed by atoms with Gasteiger partial charge in [-0.25, -0.2) is 0 Å². The van der Waals surface area contributed by atoms with Crippen LogP contribution in [0.3, 0.4) is 0 Å². The molecule has 0 saturated carbocycles. The first-order chi connectivity index (χ1) is 10.0. The maximum atomic E-state index is 12.4. The largest absolute Gasteiger partial charge is 0.480 e. The maximum Gasteiger partial charge on any atom is 0.320 e. The van der Waals surface area contributed by atoms with E-state index in [0.29, 0.717) is 39.4 Å². The molecular formula is C14H25N3O4. The predicted octanol–water partition coefficient (Wildman–Crippen LogP) is -0.676. The summed E-state index contributed by atoms with van der Waals surface area (Å²) in [5.41, 5.74) is 0. The van der Waals surface area contributed by atoms with Crippen molar-refractivity contribution >= 4 is 11.9 Å². The molecule has 0 bridgehead atoms.